The van der Waals surface area contributed by atoms with Gasteiger partial charge in [0.15, 0.2) is 5.96 Å². The standard InChI is InChI=1S/C18H21ClN4O3/c1-26-10-9-20-18(22-13-15-3-2-4-16(19)11-15)21-12-14-5-7-17(8-6-14)23(24)25/h2-8,11H,9-10,12-13H2,1H3,(H2,20,21,22). The number of hydrogen-bond acceptors (Lipinski definition) is 4. The molecule has 138 valence electrons. The molecule has 0 saturated heterocycles. The molecule has 26 heavy (non-hydrogen) atoms. The van der Waals surface area contributed by atoms with E-state index in [0.717, 1.165) is 11.1 Å². The van der Waals surface area contributed by atoms with Crippen LogP contribution in [0, 0.1) is 10.1 Å². The van der Waals surface area contributed by atoms with Gasteiger partial charge in [0.2, 0.25) is 0 Å². The van der Waals surface area contributed by atoms with Gasteiger partial charge in [-0.15, -0.1) is 0 Å². The molecule has 0 aliphatic rings. The Bertz CT molecular complexity index is 750. The molecule has 2 aromatic carbocycles. The minimum absolute atomic E-state index is 0.0711. The summed E-state index contributed by atoms with van der Waals surface area (Å²) in [6.07, 6.45) is 0. The Hall–Kier alpha value is -2.64. The maximum Gasteiger partial charge on any atom is 0.269 e. The van der Waals surface area contributed by atoms with Crippen molar-refractivity contribution in [2.24, 2.45) is 4.99 Å². The van der Waals surface area contributed by atoms with E-state index in [1.165, 1.54) is 12.1 Å². The van der Waals surface area contributed by atoms with Crippen LogP contribution in [-0.2, 0) is 17.8 Å². The normalized spacial score (nSPS) is 11.2. The molecule has 0 aliphatic carbocycles. The number of methoxy groups -OCH3 is 1. The Morgan fingerprint density at radius 3 is 2.62 bits per heavy atom. The van der Waals surface area contributed by atoms with Crippen LogP contribution in [0.1, 0.15) is 11.1 Å². The third-order valence-corrected chi connectivity index (χ3v) is 3.75. The van der Waals surface area contributed by atoms with Crippen molar-refractivity contribution >= 4 is 23.2 Å². The molecule has 0 amide bonds. The molecule has 2 N–H and O–H groups in total. The summed E-state index contributed by atoms with van der Waals surface area (Å²) in [5, 5.41) is 17.8. The van der Waals surface area contributed by atoms with Crippen molar-refractivity contribution in [3.63, 3.8) is 0 Å². The summed E-state index contributed by atoms with van der Waals surface area (Å²) in [6.45, 7) is 2.13. The van der Waals surface area contributed by atoms with E-state index in [2.05, 4.69) is 15.6 Å². The zero-order valence-electron chi connectivity index (χ0n) is 14.4. The van der Waals surface area contributed by atoms with E-state index in [9.17, 15) is 10.1 Å². The number of guanidine groups is 1. The van der Waals surface area contributed by atoms with Crippen LogP contribution in [0.5, 0.6) is 0 Å². The summed E-state index contributed by atoms with van der Waals surface area (Å²) in [4.78, 5) is 14.8. The second-order valence-corrected chi connectivity index (χ2v) is 5.93. The number of benzene rings is 2. The van der Waals surface area contributed by atoms with Gasteiger partial charge in [-0.1, -0.05) is 35.9 Å². The topological polar surface area (TPSA) is 88.8 Å². The fourth-order valence-electron chi connectivity index (χ4n) is 2.17. The molecule has 0 aliphatic heterocycles. The third kappa shape index (κ3) is 6.70. The van der Waals surface area contributed by atoms with E-state index in [1.54, 1.807) is 19.2 Å². The van der Waals surface area contributed by atoms with E-state index in [1.807, 2.05) is 24.3 Å². The first-order chi connectivity index (χ1) is 12.6. The highest BCUT2D eigenvalue weighted by Crippen LogP contribution is 2.12. The number of ether oxygens (including phenoxy) is 1. The van der Waals surface area contributed by atoms with Crippen molar-refractivity contribution in [1.82, 2.24) is 10.6 Å². The molecule has 0 bridgehead atoms. The minimum Gasteiger partial charge on any atom is -0.383 e. The van der Waals surface area contributed by atoms with E-state index >= 15 is 0 Å². The highest BCUT2D eigenvalue weighted by molar-refractivity contribution is 6.30. The van der Waals surface area contributed by atoms with Gasteiger partial charge in [0.05, 0.1) is 18.1 Å². The number of nitrogens with zero attached hydrogens (tertiary/aromatic N) is 2. The highest BCUT2D eigenvalue weighted by atomic mass is 35.5. The van der Waals surface area contributed by atoms with Crippen LogP contribution in [0.2, 0.25) is 5.02 Å². The smallest absolute Gasteiger partial charge is 0.269 e. The molecule has 0 atom stereocenters. The van der Waals surface area contributed by atoms with Crippen LogP contribution in [0.25, 0.3) is 0 Å². The Labute approximate surface area is 157 Å². The fraction of sp³-hybridized carbons (Fsp3) is 0.278. The van der Waals surface area contributed by atoms with Crippen molar-refractivity contribution in [1.29, 1.82) is 0 Å². The first kappa shape index (κ1) is 19.7. The molecule has 0 radical (unpaired) electrons. The number of hydrogen-bond donors (Lipinski definition) is 2. The number of nitro groups is 1. The molecule has 8 heteroatoms. The summed E-state index contributed by atoms with van der Waals surface area (Å²) >= 11 is 5.99. The lowest BCUT2D eigenvalue weighted by molar-refractivity contribution is -0.384. The van der Waals surface area contributed by atoms with E-state index in [0.29, 0.717) is 37.2 Å². The van der Waals surface area contributed by atoms with Gasteiger partial charge >= 0.3 is 0 Å². The highest BCUT2D eigenvalue weighted by Gasteiger charge is 2.05. The van der Waals surface area contributed by atoms with Gasteiger partial charge in [-0.2, -0.15) is 0 Å². The summed E-state index contributed by atoms with van der Waals surface area (Å²) in [6, 6.07) is 13.9. The fourth-order valence-corrected chi connectivity index (χ4v) is 2.39. The van der Waals surface area contributed by atoms with Crippen molar-refractivity contribution < 1.29 is 9.66 Å². The summed E-state index contributed by atoms with van der Waals surface area (Å²) in [7, 11) is 1.63. The van der Waals surface area contributed by atoms with E-state index in [-0.39, 0.29) is 5.69 Å². The Morgan fingerprint density at radius 2 is 1.96 bits per heavy atom. The van der Waals surface area contributed by atoms with Gasteiger partial charge < -0.3 is 15.4 Å². The van der Waals surface area contributed by atoms with Crippen molar-refractivity contribution in [2.75, 3.05) is 20.3 Å². The quantitative estimate of drug-likeness (QED) is 0.243. The first-order valence-corrected chi connectivity index (χ1v) is 8.45. The lowest BCUT2D eigenvalue weighted by Crippen LogP contribution is -2.38. The van der Waals surface area contributed by atoms with Crippen LogP contribution < -0.4 is 10.6 Å². The Morgan fingerprint density at radius 1 is 1.19 bits per heavy atom. The predicted octanol–water partition coefficient (Wildman–Crippen LogP) is 3.13. The Kier molecular flexibility index (Phi) is 7.85. The van der Waals surface area contributed by atoms with Crippen LogP contribution in [0.15, 0.2) is 53.5 Å². The van der Waals surface area contributed by atoms with Crippen LogP contribution in [0.4, 0.5) is 5.69 Å². The largest absolute Gasteiger partial charge is 0.383 e. The molecule has 0 aromatic heterocycles. The van der Waals surface area contributed by atoms with Crippen LogP contribution in [-0.4, -0.2) is 31.1 Å². The molecule has 0 unspecified atom stereocenters. The first-order valence-electron chi connectivity index (χ1n) is 8.07. The van der Waals surface area contributed by atoms with Gasteiger partial charge in [-0.05, 0) is 23.3 Å². The van der Waals surface area contributed by atoms with Gasteiger partial charge in [0, 0.05) is 37.4 Å². The third-order valence-electron chi connectivity index (χ3n) is 3.51. The van der Waals surface area contributed by atoms with E-state index < -0.39 is 4.92 Å². The minimum atomic E-state index is -0.415. The van der Waals surface area contributed by atoms with Crippen LogP contribution in [0.3, 0.4) is 0 Å². The monoisotopic (exact) mass is 376 g/mol. The molecule has 2 aromatic rings. The van der Waals surface area contributed by atoms with Crippen molar-refractivity contribution in [3.8, 4) is 0 Å². The van der Waals surface area contributed by atoms with Gasteiger partial charge in [0.25, 0.3) is 5.69 Å². The second-order valence-electron chi connectivity index (χ2n) is 5.49. The molecule has 0 heterocycles. The van der Waals surface area contributed by atoms with Crippen molar-refractivity contribution in [2.45, 2.75) is 13.1 Å². The summed E-state index contributed by atoms with van der Waals surface area (Å²) in [5.41, 5.74) is 1.99. The summed E-state index contributed by atoms with van der Waals surface area (Å²) in [5.74, 6) is 0.625. The van der Waals surface area contributed by atoms with E-state index in [4.69, 9.17) is 16.3 Å². The molecule has 2 rings (SSSR count). The molecule has 0 fully saturated rings. The molecule has 7 nitrogen and oxygen atoms in total. The number of nitro benzene ring substituents is 1. The zero-order valence-corrected chi connectivity index (χ0v) is 15.2. The number of rotatable bonds is 8. The maximum atomic E-state index is 10.7. The van der Waals surface area contributed by atoms with Gasteiger partial charge in [-0.3, -0.25) is 10.1 Å². The Balaban J connectivity index is 1.98. The average molecular weight is 377 g/mol. The summed E-state index contributed by atoms with van der Waals surface area (Å²) < 4.78 is 5.04. The number of aliphatic imine (C=N–C) groups is 1. The zero-order chi connectivity index (χ0) is 18.8. The second kappa shape index (κ2) is 10.4. The molecule has 0 spiro atoms. The molecular weight excluding hydrogens is 356 g/mol. The average Bonchev–Trinajstić information content (AvgIpc) is 2.64. The molecule has 0 saturated carbocycles. The SMILES string of the molecule is COCCNC(=NCc1cccc(Cl)c1)NCc1ccc([N+](=O)[O-])cc1. The lowest BCUT2D eigenvalue weighted by Gasteiger charge is -2.12. The molecular formula is C18H21ClN4O3. The lowest BCUT2D eigenvalue weighted by atomic mass is 10.2. The number of halogens is 1. The van der Waals surface area contributed by atoms with Gasteiger partial charge in [0.1, 0.15) is 0 Å². The van der Waals surface area contributed by atoms with Crippen molar-refractivity contribution in [3.05, 3.63) is 74.8 Å². The number of non-ortho nitro benzene ring substituents is 1. The van der Waals surface area contributed by atoms with Gasteiger partial charge in [-0.25, -0.2) is 4.99 Å². The predicted molar refractivity (Wildman–Crippen MR) is 102 cm³/mol. The number of nitrogens with one attached hydrogen (secondary N) is 2. The van der Waals surface area contributed by atoms with Crippen LogP contribution >= 0.6 is 11.6 Å². The maximum absolute atomic E-state index is 10.7.